The van der Waals surface area contributed by atoms with Crippen LogP contribution >= 0.6 is 0 Å². The van der Waals surface area contributed by atoms with E-state index >= 15 is 0 Å². The number of nitrogens with two attached hydrogens (primary N) is 1. The predicted octanol–water partition coefficient (Wildman–Crippen LogP) is 1.90. The van der Waals surface area contributed by atoms with E-state index in [2.05, 4.69) is 12.2 Å². The molecule has 1 fully saturated rings. The van der Waals surface area contributed by atoms with Gasteiger partial charge in [-0.3, -0.25) is 9.59 Å². The highest BCUT2D eigenvalue weighted by Crippen LogP contribution is 2.20. The standard InChI is InChI=1S/C17H27N3O3/c1-3-5-12(2)19-16(21)13-6-4-7-20(10-13)17(22)14-8-15(9-18)23-11-14/h8,11-13H,3-7,9-10,18H2,1-2H3,(H,19,21). The number of piperidine rings is 1. The quantitative estimate of drug-likeness (QED) is 0.837. The van der Waals surface area contributed by atoms with E-state index in [1.165, 1.54) is 6.26 Å². The van der Waals surface area contributed by atoms with Gasteiger partial charge in [-0.2, -0.15) is 0 Å². The smallest absolute Gasteiger partial charge is 0.257 e. The number of hydrogen-bond donors (Lipinski definition) is 2. The topological polar surface area (TPSA) is 88.6 Å². The van der Waals surface area contributed by atoms with Crippen LogP contribution in [0.25, 0.3) is 0 Å². The van der Waals surface area contributed by atoms with Crippen LogP contribution in [-0.2, 0) is 11.3 Å². The largest absolute Gasteiger partial charge is 0.467 e. The summed E-state index contributed by atoms with van der Waals surface area (Å²) in [4.78, 5) is 26.6. The maximum atomic E-state index is 12.5. The lowest BCUT2D eigenvalue weighted by Crippen LogP contribution is -2.47. The van der Waals surface area contributed by atoms with Crippen molar-refractivity contribution in [3.63, 3.8) is 0 Å². The molecule has 0 saturated carbocycles. The lowest BCUT2D eigenvalue weighted by molar-refractivity contribution is -0.127. The number of furan rings is 1. The molecule has 3 N–H and O–H groups in total. The molecule has 0 bridgehead atoms. The molecule has 128 valence electrons. The van der Waals surface area contributed by atoms with Crippen molar-refractivity contribution in [1.29, 1.82) is 0 Å². The molecule has 1 aliphatic rings. The number of nitrogens with one attached hydrogen (secondary N) is 1. The van der Waals surface area contributed by atoms with Gasteiger partial charge in [-0.25, -0.2) is 0 Å². The first-order valence-corrected chi connectivity index (χ1v) is 8.42. The Morgan fingerprint density at radius 2 is 2.30 bits per heavy atom. The van der Waals surface area contributed by atoms with E-state index in [1.807, 2.05) is 6.92 Å². The highest BCUT2D eigenvalue weighted by Gasteiger charge is 2.29. The molecule has 6 heteroatoms. The van der Waals surface area contributed by atoms with Crippen LogP contribution in [0.15, 0.2) is 16.7 Å². The second kappa shape index (κ2) is 8.15. The third-order valence-electron chi connectivity index (χ3n) is 4.29. The van der Waals surface area contributed by atoms with Gasteiger partial charge in [-0.05, 0) is 32.3 Å². The van der Waals surface area contributed by atoms with E-state index in [0.29, 0.717) is 24.4 Å². The highest BCUT2D eigenvalue weighted by atomic mass is 16.3. The number of amides is 2. The van der Waals surface area contributed by atoms with Gasteiger partial charge in [0.15, 0.2) is 0 Å². The fourth-order valence-electron chi connectivity index (χ4n) is 3.02. The number of carbonyl (C=O) groups is 2. The second-order valence-electron chi connectivity index (χ2n) is 6.29. The molecule has 0 spiro atoms. The minimum absolute atomic E-state index is 0.0540. The highest BCUT2D eigenvalue weighted by molar-refractivity contribution is 5.94. The van der Waals surface area contributed by atoms with Crippen molar-refractivity contribution in [1.82, 2.24) is 10.2 Å². The molecule has 1 aromatic heterocycles. The lowest BCUT2D eigenvalue weighted by atomic mass is 9.96. The van der Waals surface area contributed by atoms with Crippen molar-refractivity contribution >= 4 is 11.8 Å². The Morgan fingerprint density at radius 1 is 1.52 bits per heavy atom. The third-order valence-corrected chi connectivity index (χ3v) is 4.29. The van der Waals surface area contributed by atoms with Crippen LogP contribution in [0.5, 0.6) is 0 Å². The van der Waals surface area contributed by atoms with E-state index in [4.69, 9.17) is 10.2 Å². The maximum Gasteiger partial charge on any atom is 0.257 e. The summed E-state index contributed by atoms with van der Waals surface area (Å²) in [6, 6.07) is 1.86. The molecule has 0 radical (unpaired) electrons. The van der Waals surface area contributed by atoms with E-state index in [1.54, 1.807) is 11.0 Å². The number of carbonyl (C=O) groups excluding carboxylic acids is 2. The van der Waals surface area contributed by atoms with Gasteiger partial charge in [-0.15, -0.1) is 0 Å². The average molecular weight is 321 g/mol. The van der Waals surface area contributed by atoms with Crippen LogP contribution in [-0.4, -0.2) is 35.8 Å². The molecule has 1 saturated heterocycles. The Labute approximate surface area is 137 Å². The summed E-state index contributed by atoms with van der Waals surface area (Å²) in [5.41, 5.74) is 6.01. The van der Waals surface area contributed by atoms with Crippen molar-refractivity contribution < 1.29 is 14.0 Å². The van der Waals surface area contributed by atoms with Crippen LogP contribution in [0.2, 0.25) is 0 Å². The summed E-state index contributed by atoms with van der Waals surface area (Å²) in [6.45, 7) is 5.54. The molecule has 2 heterocycles. The molecule has 1 aromatic rings. The van der Waals surface area contributed by atoms with Crippen LogP contribution in [0.4, 0.5) is 0 Å². The molecule has 0 aliphatic carbocycles. The fraction of sp³-hybridized carbons (Fsp3) is 0.647. The normalized spacial score (nSPS) is 19.4. The van der Waals surface area contributed by atoms with Crippen LogP contribution in [0.3, 0.4) is 0 Å². The molecule has 2 unspecified atom stereocenters. The molecule has 23 heavy (non-hydrogen) atoms. The lowest BCUT2D eigenvalue weighted by Gasteiger charge is -2.32. The first kappa shape index (κ1) is 17.5. The van der Waals surface area contributed by atoms with Gasteiger partial charge in [0.25, 0.3) is 5.91 Å². The SMILES string of the molecule is CCCC(C)NC(=O)C1CCCN(C(=O)c2coc(CN)c2)C1. The van der Waals surface area contributed by atoms with Gasteiger partial charge >= 0.3 is 0 Å². The summed E-state index contributed by atoms with van der Waals surface area (Å²) in [7, 11) is 0. The zero-order chi connectivity index (χ0) is 16.8. The fourth-order valence-corrected chi connectivity index (χ4v) is 3.02. The van der Waals surface area contributed by atoms with Crippen molar-refractivity contribution in [3.8, 4) is 0 Å². The number of rotatable bonds is 6. The summed E-state index contributed by atoms with van der Waals surface area (Å²) in [5.74, 6) is 0.423. The summed E-state index contributed by atoms with van der Waals surface area (Å²) in [5, 5.41) is 3.05. The zero-order valence-corrected chi connectivity index (χ0v) is 14.0. The molecule has 1 aliphatic heterocycles. The first-order valence-electron chi connectivity index (χ1n) is 8.42. The minimum atomic E-state index is -0.132. The average Bonchev–Trinajstić information content (AvgIpc) is 3.03. The molecule has 2 rings (SSSR count). The molecular formula is C17H27N3O3. The van der Waals surface area contributed by atoms with E-state index in [-0.39, 0.29) is 30.3 Å². The molecule has 6 nitrogen and oxygen atoms in total. The van der Waals surface area contributed by atoms with Crippen molar-refractivity contribution in [2.75, 3.05) is 13.1 Å². The van der Waals surface area contributed by atoms with E-state index < -0.39 is 0 Å². The molecular weight excluding hydrogens is 294 g/mol. The van der Waals surface area contributed by atoms with Crippen molar-refractivity contribution in [2.24, 2.45) is 11.7 Å². The van der Waals surface area contributed by atoms with Gasteiger partial charge in [0.1, 0.15) is 12.0 Å². The zero-order valence-electron chi connectivity index (χ0n) is 14.0. The van der Waals surface area contributed by atoms with Crippen molar-refractivity contribution in [3.05, 3.63) is 23.7 Å². The van der Waals surface area contributed by atoms with Crippen LogP contribution in [0, 0.1) is 5.92 Å². The molecule has 2 amide bonds. The molecule has 0 aromatic carbocycles. The Kier molecular flexibility index (Phi) is 6.21. The maximum absolute atomic E-state index is 12.5. The van der Waals surface area contributed by atoms with E-state index in [0.717, 1.165) is 25.7 Å². The van der Waals surface area contributed by atoms with Gasteiger partial charge in [0.05, 0.1) is 18.0 Å². The molecule has 2 atom stereocenters. The number of hydrogen-bond acceptors (Lipinski definition) is 4. The Morgan fingerprint density at radius 3 is 2.96 bits per heavy atom. The van der Waals surface area contributed by atoms with Gasteiger partial charge in [-0.1, -0.05) is 13.3 Å². The van der Waals surface area contributed by atoms with Crippen LogP contribution in [0.1, 0.15) is 55.6 Å². The predicted molar refractivity (Wildman–Crippen MR) is 87.7 cm³/mol. The van der Waals surface area contributed by atoms with Gasteiger partial charge in [0.2, 0.25) is 5.91 Å². The Hall–Kier alpha value is -1.82. The van der Waals surface area contributed by atoms with Crippen molar-refractivity contribution in [2.45, 2.75) is 52.1 Å². The van der Waals surface area contributed by atoms with E-state index in [9.17, 15) is 9.59 Å². The second-order valence-corrected chi connectivity index (χ2v) is 6.29. The summed E-state index contributed by atoms with van der Waals surface area (Å²) < 4.78 is 5.23. The summed E-state index contributed by atoms with van der Waals surface area (Å²) >= 11 is 0. The monoisotopic (exact) mass is 321 g/mol. The summed E-state index contributed by atoms with van der Waals surface area (Å²) in [6.07, 6.45) is 5.12. The van der Waals surface area contributed by atoms with Gasteiger partial charge < -0.3 is 20.4 Å². The Bertz CT molecular complexity index is 541. The number of likely N-dealkylation sites (tertiary alicyclic amines) is 1. The number of nitrogens with zero attached hydrogens (tertiary/aromatic N) is 1. The minimum Gasteiger partial charge on any atom is -0.467 e. The first-order chi connectivity index (χ1) is 11.0. The third kappa shape index (κ3) is 4.58. The van der Waals surface area contributed by atoms with Crippen LogP contribution < -0.4 is 11.1 Å². The van der Waals surface area contributed by atoms with Gasteiger partial charge in [0, 0.05) is 19.1 Å². The Balaban J connectivity index is 1.94.